The van der Waals surface area contributed by atoms with E-state index in [-0.39, 0.29) is 11.3 Å². The van der Waals surface area contributed by atoms with Gasteiger partial charge < -0.3 is 20.3 Å². The number of halogens is 2. The summed E-state index contributed by atoms with van der Waals surface area (Å²) in [6, 6.07) is 21.4. The molecule has 1 amide bonds. The summed E-state index contributed by atoms with van der Waals surface area (Å²) in [6.07, 6.45) is 4.77. The van der Waals surface area contributed by atoms with Crippen molar-refractivity contribution < 1.29 is 26.7 Å². The van der Waals surface area contributed by atoms with Gasteiger partial charge in [0.1, 0.15) is 38.6 Å². The number of carbonyl (C=O) groups is 1. The second-order valence-corrected chi connectivity index (χ2v) is 15.3. The van der Waals surface area contributed by atoms with Crippen molar-refractivity contribution >= 4 is 44.4 Å². The summed E-state index contributed by atoms with van der Waals surface area (Å²) in [7, 11) is -1.41. The molecule has 2 N–H and O–H groups in total. The maximum absolute atomic E-state index is 14.3. The van der Waals surface area contributed by atoms with Crippen LogP contribution in [0.3, 0.4) is 0 Å². The van der Waals surface area contributed by atoms with Crippen LogP contribution in [0.25, 0.3) is 28.3 Å². The molecular weight excluding hydrogens is 715 g/mol. The van der Waals surface area contributed by atoms with Gasteiger partial charge in [-0.1, -0.05) is 24.3 Å². The number of hydrogen-bond acceptors (Lipinski definition) is 10. The molecule has 0 bridgehead atoms. The first kappa shape index (κ1) is 36.4. The number of hydrogen-bond donors (Lipinski definition) is 2. The molecule has 3 aromatic heterocycles. The second kappa shape index (κ2) is 15.2. The standard InChI is InChI=1S/C39H38F2N8O4S/c1-25-22-31(33(53-2)24-32(25)48-18-16-47(17-19-48)20-21-54(3,51)52)44-39-42-14-13-30(43-39)37-35(45-34-12-4-5-15-49(34)37)26-8-6-9-27(23-26)38(50)46-36-28(40)10-7-11-29(36)41/h4-15,22-24H,16-21H2,1-3H3,(H,46,50)(H,42,43,44). The van der Waals surface area contributed by atoms with Crippen LogP contribution in [-0.2, 0) is 9.84 Å². The number of ether oxygens (including phenoxy) is 1. The zero-order valence-corrected chi connectivity index (χ0v) is 30.7. The molecule has 12 nitrogen and oxygen atoms in total. The number of piperazine rings is 1. The van der Waals surface area contributed by atoms with Gasteiger partial charge in [0.05, 0.1) is 35.6 Å². The molecule has 6 aromatic rings. The van der Waals surface area contributed by atoms with Crippen LogP contribution in [0.1, 0.15) is 15.9 Å². The van der Waals surface area contributed by atoms with Crippen molar-refractivity contribution in [2.75, 3.05) is 67.4 Å². The smallest absolute Gasteiger partial charge is 0.255 e. The number of aryl methyl sites for hydroxylation is 1. The predicted octanol–water partition coefficient (Wildman–Crippen LogP) is 6.22. The minimum absolute atomic E-state index is 0.148. The van der Waals surface area contributed by atoms with Crippen LogP contribution in [0.15, 0.2) is 91.3 Å². The Labute approximate surface area is 311 Å². The van der Waals surface area contributed by atoms with Gasteiger partial charge in [-0.05, 0) is 61.0 Å². The van der Waals surface area contributed by atoms with E-state index in [4.69, 9.17) is 14.7 Å². The van der Waals surface area contributed by atoms with Gasteiger partial charge in [0.15, 0.2) is 0 Å². The highest BCUT2D eigenvalue weighted by Gasteiger charge is 2.23. The highest BCUT2D eigenvalue weighted by atomic mass is 32.2. The van der Waals surface area contributed by atoms with Crippen molar-refractivity contribution in [3.05, 3.63) is 114 Å². The van der Waals surface area contributed by atoms with Crippen LogP contribution in [0.4, 0.5) is 31.8 Å². The Balaban J connectivity index is 1.16. The molecule has 54 heavy (non-hydrogen) atoms. The van der Waals surface area contributed by atoms with Crippen molar-refractivity contribution in [2.24, 2.45) is 0 Å². The maximum atomic E-state index is 14.3. The zero-order chi connectivity index (χ0) is 38.0. The number of carbonyl (C=O) groups excluding carboxylic acids is 1. The summed E-state index contributed by atoms with van der Waals surface area (Å²) in [5.74, 6) is -1.37. The Morgan fingerprint density at radius 3 is 2.43 bits per heavy atom. The Kier molecular flexibility index (Phi) is 10.3. The first-order valence-corrected chi connectivity index (χ1v) is 19.3. The summed E-state index contributed by atoms with van der Waals surface area (Å²) < 4.78 is 59.6. The predicted molar refractivity (Wildman–Crippen MR) is 205 cm³/mol. The molecule has 1 saturated heterocycles. The average Bonchev–Trinajstić information content (AvgIpc) is 3.56. The quantitative estimate of drug-likeness (QED) is 0.157. The molecule has 0 aliphatic carbocycles. The topological polar surface area (TPSA) is 134 Å². The summed E-state index contributed by atoms with van der Waals surface area (Å²) >= 11 is 0. The van der Waals surface area contributed by atoms with Gasteiger partial charge in [0.2, 0.25) is 5.95 Å². The number of imidazole rings is 1. The van der Waals surface area contributed by atoms with E-state index in [1.54, 1.807) is 43.6 Å². The molecule has 4 heterocycles. The molecule has 0 unspecified atom stereocenters. The Morgan fingerprint density at radius 1 is 0.926 bits per heavy atom. The number of aromatic nitrogens is 4. The van der Waals surface area contributed by atoms with Gasteiger partial charge in [-0.2, -0.15) is 0 Å². The van der Waals surface area contributed by atoms with E-state index in [9.17, 15) is 22.0 Å². The Bertz CT molecular complexity index is 2450. The number of sulfone groups is 1. The van der Waals surface area contributed by atoms with Crippen LogP contribution in [0.5, 0.6) is 5.75 Å². The molecule has 0 spiro atoms. The lowest BCUT2D eigenvalue weighted by molar-refractivity contribution is 0.102. The highest BCUT2D eigenvalue weighted by molar-refractivity contribution is 7.90. The summed E-state index contributed by atoms with van der Waals surface area (Å²) in [6.45, 7) is 5.58. The molecule has 278 valence electrons. The first-order chi connectivity index (χ1) is 26.0. The molecule has 15 heteroatoms. The van der Waals surface area contributed by atoms with Gasteiger partial charge >= 0.3 is 0 Å². The monoisotopic (exact) mass is 752 g/mol. The lowest BCUT2D eigenvalue weighted by atomic mass is 10.0. The van der Waals surface area contributed by atoms with Crippen LogP contribution in [0.2, 0.25) is 0 Å². The number of anilines is 4. The number of rotatable bonds is 11. The minimum atomic E-state index is -3.02. The van der Waals surface area contributed by atoms with E-state index in [0.717, 1.165) is 49.6 Å². The fraction of sp³-hybridized carbons (Fsp3) is 0.231. The molecule has 0 saturated carbocycles. The lowest BCUT2D eigenvalue weighted by Crippen LogP contribution is -2.47. The number of fused-ring (bicyclic) bond motifs is 1. The molecule has 7 rings (SSSR count). The molecule has 3 aromatic carbocycles. The minimum Gasteiger partial charge on any atom is -0.494 e. The van der Waals surface area contributed by atoms with Crippen molar-refractivity contribution in [3.8, 4) is 28.4 Å². The Morgan fingerprint density at radius 2 is 1.69 bits per heavy atom. The lowest BCUT2D eigenvalue weighted by Gasteiger charge is -2.37. The molecule has 0 radical (unpaired) electrons. The van der Waals surface area contributed by atoms with Crippen molar-refractivity contribution in [1.29, 1.82) is 0 Å². The summed E-state index contributed by atoms with van der Waals surface area (Å²) in [5.41, 5.74) is 5.33. The van der Waals surface area contributed by atoms with Gasteiger partial charge in [-0.3, -0.25) is 14.1 Å². The third-order valence-electron chi connectivity index (χ3n) is 9.28. The van der Waals surface area contributed by atoms with E-state index in [0.29, 0.717) is 52.2 Å². The van der Waals surface area contributed by atoms with Crippen LogP contribution < -0.4 is 20.3 Å². The number of benzene rings is 3. The molecule has 0 atom stereocenters. The number of pyridine rings is 1. The fourth-order valence-corrected chi connectivity index (χ4v) is 7.11. The van der Waals surface area contributed by atoms with E-state index in [1.165, 1.54) is 12.3 Å². The van der Waals surface area contributed by atoms with Crippen LogP contribution >= 0.6 is 0 Å². The SMILES string of the molecule is COc1cc(N2CCN(CCS(C)(=O)=O)CC2)c(C)cc1Nc1nccc(-c2c(-c3cccc(C(=O)Nc4c(F)cccc4F)c3)nc3ccccn23)n1. The molecule has 1 aliphatic rings. The third kappa shape index (κ3) is 7.87. The van der Waals surface area contributed by atoms with Gasteiger partial charge in [0, 0.05) is 74.3 Å². The van der Waals surface area contributed by atoms with E-state index < -0.39 is 33.1 Å². The highest BCUT2D eigenvalue weighted by Crippen LogP contribution is 2.37. The normalized spacial score (nSPS) is 13.6. The van der Waals surface area contributed by atoms with Crippen LogP contribution in [0, 0.1) is 18.6 Å². The zero-order valence-electron chi connectivity index (χ0n) is 29.9. The number of nitrogens with zero attached hydrogens (tertiary/aromatic N) is 6. The molecule has 1 fully saturated rings. The van der Waals surface area contributed by atoms with E-state index in [2.05, 4.69) is 25.4 Å². The number of para-hydroxylation sites is 1. The molecule has 1 aliphatic heterocycles. The average molecular weight is 753 g/mol. The van der Waals surface area contributed by atoms with Crippen molar-refractivity contribution in [1.82, 2.24) is 24.3 Å². The number of amides is 1. The first-order valence-electron chi connectivity index (χ1n) is 17.2. The fourth-order valence-electron chi connectivity index (χ4n) is 6.52. The summed E-state index contributed by atoms with van der Waals surface area (Å²) in [5, 5.41) is 5.67. The number of nitrogens with one attached hydrogen (secondary N) is 2. The maximum Gasteiger partial charge on any atom is 0.255 e. The van der Waals surface area contributed by atoms with Gasteiger partial charge in [0.25, 0.3) is 5.91 Å². The van der Waals surface area contributed by atoms with E-state index in [1.807, 2.05) is 47.9 Å². The van der Waals surface area contributed by atoms with Gasteiger partial charge in [-0.15, -0.1) is 0 Å². The number of methoxy groups -OCH3 is 1. The summed E-state index contributed by atoms with van der Waals surface area (Å²) in [4.78, 5) is 31.9. The molecular formula is C39H38F2N8O4S. The van der Waals surface area contributed by atoms with E-state index >= 15 is 0 Å². The second-order valence-electron chi connectivity index (χ2n) is 13.1. The van der Waals surface area contributed by atoms with Gasteiger partial charge in [-0.25, -0.2) is 32.2 Å². The Hall–Kier alpha value is -5.93. The largest absolute Gasteiger partial charge is 0.494 e. The third-order valence-corrected chi connectivity index (χ3v) is 10.2. The van der Waals surface area contributed by atoms with Crippen molar-refractivity contribution in [2.45, 2.75) is 6.92 Å². The van der Waals surface area contributed by atoms with Crippen LogP contribution in [-0.4, -0.2) is 90.4 Å². The van der Waals surface area contributed by atoms with Crippen molar-refractivity contribution in [3.63, 3.8) is 0 Å².